The minimum atomic E-state index is -0.357. The van der Waals surface area contributed by atoms with Crippen LogP contribution < -0.4 is 5.63 Å². The Kier molecular flexibility index (Phi) is 8.81. The zero-order chi connectivity index (χ0) is 19.5. The van der Waals surface area contributed by atoms with Crippen molar-refractivity contribution >= 4 is 17.3 Å². The molecule has 0 aliphatic carbocycles. The normalized spacial score (nSPS) is 9.54. The lowest BCUT2D eigenvalue weighted by atomic mass is 10.0. The number of hydrogen-bond donors (Lipinski definition) is 2. The smallest absolute Gasteiger partial charge is 0.336 e. The Bertz CT molecular complexity index is 882. The van der Waals surface area contributed by atoms with Gasteiger partial charge in [-0.15, -0.1) is 0 Å². The minimum absolute atomic E-state index is 0.157. The van der Waals surface area contributed by atoms with Crippen molar-refractivity contribution in [3.8, 4) is 5.75 Å². The molecule has 26 heavy (non-hydrogen) atoms. The zero-order valence-corrected chi connectivity index (χ0v) is 15.2. The molecule has 3 aromatic rings. The Balaban J connectivity index is 0.000000284. The summed E-state index contributed by atoms with van der Waals surface area (Å²) in [6, 6.07) is 14.1. The van der Waals surface area contributed by atoms with Crippen LogP contribution in [-0.2, 0) is 6.42 Å². The van der Waals surface area contributed by atoms with Crippen molar-refractivity contribution in [2.75, 3.05) is 7.11 Å². The number of hydrogen-bond acceptors (Lipinski definition) is 5. The highest BCUT2D eigenvalue weighted by atomic mass is 16.4. The third-order valence-electron chi connectivity index (χ3n) is 3.67. The number of aryl methyl sites for hydroxylation is 2. The van der Waals surface area contributed by atoms with Gasteiger partial charge in [0.1, 0.15) is 17.6 Å². The van der Waals surface area contributed by atoms with Gasteiger partial charge in [-0.05, 0) is 31.0 Å². The van der Waals surface area contributed by atoms with Gasteiger partial charge in [0.2, 0.25) is 0 Å². The quantitative estimate of drug-likeness (QED) is 0.549. The fourth-order valence-electron chi connectivity index (χ4n) is 2.42. The van der Waals surface area contributed by atoms with Crippen molar-refractivity contribution < 1.29 is 19.4 Å². The van der Waals surface area contributed by atoms with Gasteiger partial charge in [-0.2, -0.15) is 0 Å². The molecule has 0 aliphatic rings. The van der Waals surface area contributed by atoms with E-state index in [4.69, 9.17) is 9.52 Å². The highest BCUT2D eigenvalue weighted by molar-refractivity contribution is 5.84. The molecule has 5 nitrogen and oxygen atoms in total. The number of aliphatic hydroxyl groups is 1. The molecule has 0 atom stereocenters. The number of rotatable bonds is 3. The highest BCUT2D eigenvalue weighted by Gasteiger charge is 2.09. The molecular formula is C21H24O5. The molecule has 2 N–H and O–H groups in total. The van der Waals surface area contributed by atoms with E-state index in [1.165, 1.54) is 6.07 Å². The molecule has 1 heterocycles. The number of aromatic hydroxyl groups is 1. The van der Waals surface area contributed by atoms with Crippen LogP contribution in [0.3, 0.4) is 0 Å². The predicted octanol–water partition coefficient (Wildman–Crippen LogP) is 3.87. The molecule has 0 saturated heterocycles. The van der Waals surface area contributed by atoms with E-state index >= 15 is 0 Å². The summed E-state index contributed by atoms with van der Waals surface area (Å²) in [4.78, 5) is 21.4. The average molecular weight is 356 g/mol. The lowest BCUT2D eigenvalue weighted by Gasteiger charge is -2.07. The molecular weight excluding hydrogens is 332 g/mol. The molecule has 0 amide bonds. The number of aldehydes is 1. The fraction of sp³-hybridized carbons (Fsp3) is 0.238. The van der Waals surface area contributed by atoms with Gasteiger partial charge in [-0.25, -0.2) is 4.79 Å². The van der Waals surface area contributed by atoms with Crippen molar-refractivity contribution in [1.29, 1.82) is 0 Å². The van der Waals surface area contributed by atoms with Crippen LogP contribution in [0.4, 0.5) is 0 Å². The second-order valence-corrected chi connectivity index (χ2v) is 5.46. The Labute approximate surface area is 152 Å². The minimum Gasteiger partial charge on any atom is -0.508 e. The highest BCUT2D eigenvalue weighted by Crippen LogP contribution is 2.27. The summed E-state index contributed by atoms with van der Waals surface area (Å²) in [6.45, 7) is 3.81. The van der Waals surface area contributed by atoms with Crippen molar-refractivity contribution in [2.45, 2.75) is 26.7 Å². The van der Waals surface area contributed by atoms with Crippen LogP contribution in [0.15, 0.2) is 57.7 Å². The van der Waals surface area contributed by atoms with Gasteiger partial charge >= 0.3 is 5.63 Å². The summed E-state index contributed by atoms with van der Waals surface area (Å²) in [6.07, 6.45) is 2.64. The van der Waals surface area contributed by atoms with Crippen LogP contribution in [0.5, 0.6) is 5.75 Å². The molecule has 0 aliphatic heterocycles. The molecule has 0 unspecified atom stereocenters. The SMILES string of the molecule is CCCc1cc(=O)oc2c(C)c(O)ccc12.CO.O=Cc1ccccc1. The molecule has 0 spiro atoms. The molecule has 5 heteroatoms. The maximum atomic E-state index is 11.4. The lowest BCUT2D eigenvalue weighted by molar-refractivity contribution is 0.112. The number of benzene rings is 2. The monoisotopic (exact) mass is 356 g/mol. The van der Waals surface area contributed by atoms with Crippen LogP contribution in [0, 0.1) is 6.92 Å². The van der Waals surface area contributed by atoms with Crippen LogP contribution in [0.1, 0.15) is 34.8 Å². The first kappa shape index (κ1) is 21.1. The van der Waals surface area contributed by atoms with Crippen LogP contribution in [0.2, 0.25) is 0 Å². The van der Waals surface area contributed by atoms with Crippen molar-refractivity contribution in [3.63, 3.8) is 0 Å². The summed E-state index contributed by atoms with van der Waals surface area (Å²) >= 11 is 0. The van der Waals surface area contributed by atoms with Gasteiger partial charge in [0.25, 0.3) is 0 Å². The molecule has 0 fully saturated rings. The van der Waals surface area contributed by atoms with E-state index in [1.54, 1.807) is 31.2 Å². The predicted molar refractivity (Wildman–Crippen MR) is 103 cm³/mol. The Morgan fingerprint density at radius 1 is 1.08 bits per heavy atom. The van der Waals surface area contributed by atoms with Gasteiger partial charge in [-0.1, -0.05) is 43.7 Å². The van der Waals surface area contributed by atoms with Crippen molar-refractivity contribution in [2.24, 2.45) is 0 Å². The summed E-state index contributed by atoms with van der Waals surface area (Å²) in [5, 5.41) is 17.5. The second-order valence-electron chi connectivity index (χ2n) is 5.46. The van der Waals surface area contributed by atoms with E-state index in [2.05, 4.69) is 6.92 Å². The Morgan fingerprint density at radius 3 is 2.27 bits per heavy atom. The van der Waals surface area contributed by atoms with E-state index in [9.17, 15) is 14.7 Å². The molecule has 0 saturated carbocycles. The second kappa shape index (κ2) is 10.8. The Hall–Kier alpha value is -2.92. The van der Waals surface area contributed by atoms with Crippen LogP contribution in [0.25, 0.3) is 11.0 Å². The average Bonchev–Trinajstić information content (AvgIpc) is 2.68. The van der Waals surface area contributed by atoms with E-state index in [0.29, 0.717) is 11.1 Å². The molecule has 2 aromatic carbocycles. The van der Waals surface area contributed by atoms with E-state index in [1.807, 2.05) is 18.2 Å². The largest absolute Gasteiger partial charge is 0.508 e. The van der Waals surface area contributed by atoms with Gasteiger partial charge in [0.05, 0.1) is 0 Å². The first-order valence-electron chi connectivity index (χ1n) is 8.27. The third kappa shape index (κ3) is 5.57. The van der Waals surface area contributed by atoms with Crippen molar-refractivity contribution in [3.05, 3.63) is 75.6 Å². The zero-order valence-electron chi connectivity index (χ0n) is 15.2. The number of fused-ring (bicyclic) bond motifs is 1. The first-order valence-corrected chi connectivity index (χ1v) is 8.27. The number of phenols is 1. The Morgan fingerprint density at radius 2 is 1.73 bits per heavy atom. The topological polar surface area (TPSA) is 87.7 Å². The van der Waals surface area contributed by atoms with Gasteiger partial charge < -0.3 is 14.6 Å². The summed E-state index contributed by atoms with van der Waals surface area (Å²) in [5.74, 6) is 0.157. The molecule has 0 radical (unpaired) electrons. The molecule has 3 rings (SSSR count). The fourth-order valence-corrected chi connectivity index (χ4v) is 2.42. The van der Waals surface area contributed by atoms with Gasteiger partial charge in [-0.3, -0.25) is 4.79 Å². The summed E-state index contributed by atoms with van der Waals surface area (Å²) < 4.78 is 5.14. The van der Waals surface area contributed by atoms with E-state index in [-0.39, 0.29) is 11.4 Å². The standard InChI is InChI=1S/C13H14O3.C7H6O.CH4O/c1-3-4-9-7-12(15)16-13-8(2)11(14)6-5-10(9)13;8-6-7-4-2-1-3-5-7;1-2/h5-7,14H,3-4H2,1-2H3;1-6H;2H,1H3. The van der Waals surface area contributed by atoms with Crippen LogP contribution >= 0.6 is 0 Å². The summed E-state index contributed by atoms with van der Waals surface area (Å²) in [7, 11) is 1.00. The molecule has 138 valence electrons. The number of aliphatic hydroxyl groups excluding tert-OH is 1. The molecule has 0 bridgehead atoms. The van der Waals surface area contributed by atoms with E-state index in [0.717, 1.165) is 42.8 Å². The number of carbonyl (C=O) groups is 1. The summed E-state index contributed by atoms with van der Waals surface area (Å²) in [5.41, 5.74) is 2.47. The number of phenolic OH excluding ortho intramolecular Hbond substituents is 1. The molecule has 1 aromatic heterocycles. The number of carbonyl (C=O) groups excluding carboxylic acids is 1. The third-order valence-corrected chi connectivity index (χ3v) is 3.67. The van der Waals surface area contributed by atoms with Gasteiger partial charge in [0, 0.05) is 29.7 Å². The lowest BCUT2D eigenvalue weighted by Crippen LogP contribution is -2.01. The maximum absolute atomic E-state index is 11.4. The first-order chi connectivity index (χ1) is 12.6. The van der Waals surface area contributed by atoms with E-state index < -0.39 is 0 Å². The van der Waals surface area contributed by atoms with Gasteiger partial charge in [0.15, 0.2) is 0 Å². The van der Waals surface area contributed by atoms with Crippen molar-refractivity contribution in [1.82, 2.24) is 0 Å². The van der Waals surface area contributed by atoms with Crippen LogP contribution in [-0.4, -0.2) is 23.6 Å². The maximum Gasteiger partial charge on any atom is 0.336 e.